The second kappa shape index (κ2) is 7.36. The number of rotatable bonds is 4. The molecule has 148 valence electrons. The van der Waals surface area contributed by atoms with E-state index in [1.54, 1.807) is 17.0 Å². The van der Waals surface area contributed by atoms with Crippen LogP contribution in [0.15, 0.2) is 94.7 Å². The molecule has 5 rings (SSSR count). The Bertz CT molecular complexity index is 1210. The number of fused-ring (bicyclic) bond motifs is 1. The van der Waals surface area contributed by atoms with E-state index in [4.69, 9.17) is 4.42 Å². The maximum absolute atomic E-state index is 13.3. The van der Waals surface area contributed by atoms with E-state index in [9.17, 15) is 4.79 Å². The number of allylic oxidation sites excluding steroid dienone is 1. The summed E-state index contributed by atoms with van der Waals surface area (Å²) in [5.74, 6) is 1.39. The summed E-state index contributed by atoms with van der Waals surface area (Å²) >= 11 is 0. The van der Waals surface area contributed by atoms with Gasteiger partial charge in [-0.05, 0) is 36.8 Å². The summed E-state index contributed by atoms with van der Waals surface area (Å²) < 4.78 is 7.20. The first kappa shape index (κ1) is 17.9. The SMILES string of the molecule is CC1=C(C(=O)Nc2ccccc2)[C@H](c2ccccc2)n2nc(-c3ccco3)nc2N1. The molecule has 1 aliphatic heterocycles. The minimum absolute atomic E-state index is 0.194. The highest BCUT2D eigenvalue weighted by Crippen LogP contribution is 2.36. The molecule has 2 aromatic carbocycles. The predicted octanol–water partition coefficient (Wildman–Crippen LogP) is 4.47. The van der Waals surface area contributed by atoms with Crippen LogP contribution in [-0.2, 0) is 4.79 Å². The summed E-state index contributed by atoms with van der Waals surface area (Å²) in [4.78, 5) is 17.9. The van der Waals surface area contributed by atoms with E-state index in [1.807, 2.05) is 73.7 Å². The first-order chi connectivity index (χ1) is 14.7. The van der Waals surface area contributed by atoms with Gasteiger partial charge in [0.25, 0.3) is 5.91 Å². The molecule has 0 radical (unpaired) electrons. The second-order valence-electron chi connectivity index (χ2n) is 6.98. The number of hydrogen-bond donors (Lipinski definition) is 2. The lowest BCUT2D eigenvalue weighted by atomic mass is 9.95. The molecule has 0 fully saturated rings. The summed E-state index contributed by atoms with van der Waals surface area (Å²) in [6.45, 7) is 1.88. The molecule has 2 aromatic heterocycles. The molecule has 2 N–H and O–H groups in total. The molecule has 0 spiro atoms. The Balaban J connectivity index is 1.60. The van der Waals surface area contributed by atoms with E-state index >= 15 is 0 Å². The molecule has 7 heteroatoms. The van der Waals surface area contributed by atoms with E-state index in [-0.39, 0.29) is 5.91 Å². The number of hydrogen-bond acceptors (Lipinski definition) is 5. The van der Waals surface area contributed by atoms with Gasteiger partial charge in [0.1, 0.15) is 6.04 Å². The fourth-order valence-electron chi connectivity index (χ4n) is 3.62. The molecule has 7 nitrogen and oxygen atoms in total. The van der Waals surface area contributed by atoms with E-state index in [0.717, 1.165) is 16.9 Å². The van der Waals surface area contributed by atoms with Crippen molar-refractivity contribution in [1.82, 2.24) is 14.8 Å². The van der Waals surface area contributed by atoms with Crippen LogP contribution in [0.5, 0.6) is 0 Å². The Labute approximate surface area is 173 Å². The number of furan rings is 1. The number of anilines is 2. The number of carbonyl (C=O) groups is 1. The summed E-state index contributed by atoms with van der Waals surface area (Å²) in [5.41, 5.74) is 2.97. The van der Waals surface area contributed by atoms with Crippen LogP contribution in [-0.4, -0.2) is 20.7 Å². The molecule has 4 aromatic rings. The van der Waals surface area contributed by atoms with Gasteiger partial charge in [-0.25, -0.2) is 4.68 Å². The van der Waals surface area contributed by atoms with Crippen molar-refractivity contribution >= 4 is 17.5 Å². The third kappa shape index (κ3) is 3.16. The Morgan fingerprint density at radius 2 is 1.77 bits per heavy atom. The first-order valence-corrected chi connectivity index (χ1v) is 9.60. The van der Waals surface area contributed by atoms with Gasteiger partial charge < -0.3 is 15.1 Å². The zero-order valence-corrected chi connectivity index (χ0v) is 16.2. The van der Waals surface area contributed by atoms with Crippen molar-refractivity contribution in [2.75, 3.05) is 10.6 Å². The van der Waals surface area contributed by atoms with Crippen LogP contribution in [0.25, 0.3) is 11.6 Å². The van der Waals surface area contributed by atoms with Gasteiger partial charge in [0.2, 0.25) is 11.8 Å². The van der Waals surface area contributed by atoms with Crippen LogP contribution in [0.2, 0.25) is 0 Å². The van der Waals surface area contributed by atoms with Crippen molar-refractivity contribution < 1.29 is 9.21 Å². The van der Waals surface area contributed by atoms with Crippen molar-refractivity contribution in [3.05, 3.63) is 95.9 Å². The van der Waals surface area contributed by atoms with E-state index in [2.05, 4.69) is 20.7 Å². The Kier molecular flexibility index (Phi) is 4.40. The average molecular weight is 397 g/mol. The zero-order chi connectivity index (χ0) is 20.5. The van der Waals surface area contributed by atoms with Crippen LogP contribution in [0.4, 0.5) is 11.6 Å². The maximum atomic E-state index is 13.3. The number of nitrogens with one attached hydrogen (secondary N) is 2. The highest BCUT2D eigenvalue weighted by molar-refractivity contribution is 6.06. The summed E-state index contributed by atoms with van der Waals surface area (Å²) in [6.07, 6.45) is 1.58. The van der Waals surface area contributed by atoms with Gasteiger partial charge in [-0.1, -0.05) is 48.5 Å². The van der Waals surface area contributed by atoms with Crippen molar-refractivity contribution in [2.45, 2.75) is 13.0 Å². The van der Waals surface area contributed by atoms with Crippen LogP contribution in [0, 0.1) is 0 Å². The molecule has 0 aliphatic carbocycles. The molecule has 0 saturated heterocycles. The topological polar surface area (TPSA) is 85.0 Å². The molecule has 0 saturated carbocycles. The largest absolute Gasteiger partial charge is 0.461 e. The molecule has 0 bridgehead atoms. The Morgan fingerprint density at radius 1 is 1.03 bits per heavy atom. The number of para-hydroxylation sites is 1. The predicted molar refractivity (Wildman–Crippen MR) is 114 cm³/mol. The van der Waals surface area contributed by atoms with Crippen molar-refractivity contribution in [1.29, 1.82) is 0 Å². The lowest BCUT2D eigenvalue weighted by molar-refractivity contribution is -0.113. The minimum Gasteiger partial charge on any atom is -0.461 e. The second-order valence-corrected chi connectivity index (χ2v) is 6.98. The van der Waals surface area contributed by atoms with Gasteiger partial charge in [-0.3, -0.25) is 4.79 Å². The third-order valence-electron chi connectivity index (χ3n) is 4.99. The smallest absolute Gasteiger partial charge is 0.255 e. The number of nitrogens with zero attached hydrogens (tertiary/aromatic N) is 3. The van der Waals surface area contributed by atoms with Gasteiger partial charge in [0, 0.05) is 11.4 Å². The van der Waals surface area contributed by atoms with E-state index < -0.39 is 6.04 Å². The molecular formula is C23H19N5O2. The van der Waals surface area contributed by atoms with Gasteiger partial charge in [-0.15, -0.1) is 5.10 Å². The lowest BCUT2D eigenvalue weighted by Gasteiger charge is -2.28. The third-order valence-corrected chi connectivity index (χ3v) is 4.99. The Hall–Kier alpha value is -4.13. The molecule has 1 amide bonds. The normalized spacial score (nSPS) is 15.4. The lowest BCUT2D eigenvalue weighted by Crippen LogP contribution is -2.31. The fraction of sp³-hybridized carbons (Fsp3) is 0.0870. The van der Waals surface area contributed by atoms with Crippen molar-refractivity contribution in [3.8, 4) is 11.6 Å². The van der Waals surface area contributed by atoms with Crippen LogP contribution in [0.1, 0.15) is 18.5 Å². The summed E-state index contributed by atoms with van der Waals surface area (Å²) in [5, 5.41) is 10.9. The monoisotopic (exact) mass is 397 g/mol. The molecule has 30 heavy (non-hydrogen) atoms. The van der Waals surface area contributed by atoms with Crippen LogP contribution < -0.4 is 10.6 Å². The van der Waals surface area contributed by atoms with Gasteiger partial charge in [0.05, 0.1) is 11.8 Å². The summed E-state index contributed by atoms with van der Waals surface area (Å²) in [6, 6.07) is 22.4. The number of amides is 1. The quantitative estimate of drug-likeness (QED) is 0.531. The first-order valence-electron chi connectivity index (χ1n) is 9.60. The van der Waals surface area contributed by atoms with Gasteiger partial charge >= 0.3 is 0 Å². The molecule has 0 unspecified atom stereocenters. The molecular weight excluding hydrogens is 378 g/mol. The van der Waals surface area contributed by atoms with Crippen molar-refractivity contribution in [3.63, 3.8) is 0 Å². The van der Waals surface area contributed by atoms with Crippen molar-refractivity contribution in [2.24, 2.45) is 0 Å². The minimum atomic E-state index is -0.428. The molecule has 1 atom stereocenters. The highest BCUT2D eigenvalue weighted by Gasteiger charge is 2.34. The standard InChI is InChI=1S/C23H19N5O2/c1-15-19(22(29)25-17-11-6-3-7-12-17)20(16-9-4-2-5-10-16)28-23(24-15)26-21(27-28)18-13-8-14-30-18/h2-14,20H,1H3,(H,25,29)(H,24,26,27)/t20-/m0/s1. The summed E-state index contributed by atoms with van der Waals surface area (Å²) in [7, 11) is 0. The van der Waals surface area contributed by atoms with Crippen LogP contribution >= 0.6 is 0 Å². The number of aromatic nitrogens is 3. The Morgan fingerprint density at radius 3 is 2.47 bits per heavy atom. The van der Waals surface area contributed by atoms with E-state index in [0.29, 0.717) is 23.1 Å². The number of benzene rings is 2. The van der Waals surface area contributed by atoms with Crippen LogP contribution in [0.3, 0.4) is 0 Å². The van der Waals surface area contributed by atoms with Gasteiger partial charge in [-0.2, -0.15) is 4.98 Å². The molecule has 3 heterocycles. The highest BCUT2D eigenvalue weighted by atomic mass is 16.3. The average Bonchev–Trinajstić information content (AvgIpc) is 3.44. The number of carbonyl (C=O) groups excluding carboxylic acids is 1. The zero-order valence-electron chi connectivity index (χ0n) is 16.2. The van der Waals surface area contributed by atoms with E-state index in [1.165, 1.54) is 0 Å². The van der Waals surface area contributed by atoms with Gasteiger partial charge in [0.15, 0.2) is 5.76 Å². The maximum Gasteiger partial charge on any atom is 0.255 e. The molecule has 1 aliphatic rings. The fourth-order valence-corrected chi connectivity index (χ4v) is 3.62.